The first-order valence-electron chi connectivity index (χ1n) is 9.63. The second-order valence-electron chi connectivity index (χ2n) is 6.69. The molecule has 0 unspecified atom stereocenters. The van der Waals surface area contributed by atoms with Crippen LogP contribution in [-0.4, -0.2) is 35.9 Å². The van der Waals surface area contributed by atoms with Crippen LogP contribution in [0.4, 0.5) is 0 Å². The summed E-state index contributed by atoms with van der Waals surface area (Å²) in [5.41, 5.74) is -0.362. The standard InChI is InChI=1S/C20H16O4Si.C5H5N/c21-19(22)17-12-11-16(13-18(17)20(23)24)25(14-7-3-1-4-8-14)15-9-5-2-6-10-15;1-2-4-6-5-3-1/h1-13,25H,(H,21,22)(H,23,24);1-5H. The van der Waals surface area contributed by atoms with E-state index >= 15 is 0 Å². The van der Waals surface area contributed by atoms with Gasteiger partial charge in [0, 0.05) is 12.4 Å². The minimum absolute atomic E-state index is 0.172. The van der Waals surface area contributed by atoms with Crippen LogP contribution in [0.3, 0.4) is 0 Å². The summed E-state index contributed by atoms with van der Waals surface area (Å²) in [6.45, 7) is 0. The van der Waals surface area contributed by atoms with Gasteiger partial charge in [0.1, 0.15) is 8.80 Å². The molecule has 5 nitrogen and oxygen atoms in total. The van der Waals surface area contributed by atoms with Gasteiger partial charge in [-0.3, -0.25) is 4.98 Å². The molecule has 2 N–H and O–H groups in total. The number of carbonyl (C=O) groups is 2. The predicted molar refractivity (Wildman–Crippen MR) is 124 cm³/mol. The van der Waals surface area contributed by atoms with Gasteiger partial charge in [0.05, 0.1) is 11.1 Å². The number of rotatable bonds is 5. The Hall–Kier alpha value is -4.03. The summed E-state index contributed by atoms with van der Waals surface area (Å²) < 4.78 is 0. The van der Waals surface area contributed by atoms with Crippen molar-refractivity contribution in [2.45, 2.75) is 0 Å². The molecule has 0 aliphatic rings. The van der Waals surface area contributed by atoms with Crippen molar-refractivity contribution in [3.63, 3.8) is 0 Å². The highest BCUT2D eigenvalue weighted by Gasteiger charge is 2.23. The third-order valence-corrected chi connectivity index (χ3v) is 7.80. The van der Waals surface area contributed by atoms with Crippen LogP contribution in [0.15, 0.2) is 109 Å². The number of aromatic nitrogens is 1. The van der Waals surface area contributed by atoms with Gasteiger partial charge in [-0.2, -0.15) is 0 Å². The number of carboxylic acids is 2. The van der Waals surface area contributed by atoms with Crippen LogP contribution in [0.1, 0.15) is 20.7 Å². The summed E-state index contributed by atoms with van der Waals surface area (Å²) in [4.78, 5) is 26.6. The fraction of sp³-hybridized carbons (Fsp3) is 0. The highest BCUT2D eigenvalue weighted by Crippen LogP contribution is 2.09. The molecule has 154 valence electrons. The molecule has 1 heterocycles. The van der Waals surface area contributed by atoms with Gasteiger partial charge in [-0.1, -0.05) is 88.4 Å². The number of nitrogens with zero attached hydrogens (tertiary/aromatic N) is 1. The van der Waals surface area contributed by atoms with Gasteiger partial charge in [-0.25, -0.2) is 9.59 Å². The quantitative estimate of drug-likeness (QED) is 0.377. The number of hydrogen-bond acceptors (Lipinski definition) is 3. The van der Waals surface area contributed by atoms with Crippen molar-refractivity contribution < 1.29 is 19.8 Å². The number of aromatic carboxylic acids is 2. The van der Waals surface area contributed by atoms with Gasteiger partial charge < -0.3 is 10.2 Å². The first kappa shape index (κ1) is 21.7. The SMILES string of the molecule is O=C(O)c1ccc([SiH](c2ccccc2)c2ccccc2)cc1C(=O)O.c1ccncc1. The van der Waals surface area contributed by atoms with E-state index in [0.717, 1.165) is 15.6 Å². The highest BCUT2D eigenvalue weighted by atomic mass is 28.3. The second kappa shape index (κ2) is 10.7. The molecule has 0 bridgehead atoms. The van der Waals surface area contributed by atoms with Crippen LogP contribution < -0.4 is 15.6 Å². The summed E-state index contributed by atoms with van der Waals surface area (Å²) in [5.74, 6) is -2.46. The lowest BCUT2D eigenvalue weighted by atomic mass is 10.1. The average molecular weight is 428 g/mol. The first-order valence-corrected chi connectivity index (χ1v) is 11.4. The zero-order valence-electron chi connectivity index (χ0n) is 16.6. The Morgan fingerprint density at radius 1 is 0.581 bits per heavy atom. The molecule has 4 aromatic rings. The second-order valence-corrected chi connectivity index (χ2v) is 9.56. The zero-order valence-corrected chi connectivity index (χ0v) is 17.8. The fourth-order valence-electron chi connectivity index (χ4n) is 3.29. The number of pyridine rings is 1. The number of carboxylic acid groups (broad SMARTS) is 2. The maximum atomic E-state index is 11.5. The largest absolute Gasteiger partial charge is 0.478 e. The lowest BCUT2D eigenvalue weighted by Crippen LogP contribution is -2.52. The van der Waals surface area contributed by atoms with E-state index in [9.17, 15) is 19.8 Å². The average Bonchev–Trinajstić information content (AvgIpc) is 2.82. The molecule has 0 aliphatic heterocycles. The van der Waals surface area contributed by atoms with Crippen molar-refractivity contribution >= 4 is 36.3 Å². The molecule has 3 aromatic carbocycles. The van der Waals surface area contributed by atoms with Crippen molar-refractivity contribution in [2.75, 3.05) is 0 Å². The number of hydrogen-bond donors (Lipinski definition) is 2. The van der Waals surface area contributed by atoms with Crippen LogP contribution in [0.2, 0.25) is 0 Å². The topological polar surface area (TPSA) is 87.5 Å². The van der Waals surface area contributed by atoms with Gasteiger partial charge in [0.25, 0.3) is 0 Å². The van der Waals surface area contributed by atoms with Crippen LogP contribution in [0.25, 0.3) is 0 Å². The molecule has 0 radical (unpaired) electrons. The molecule has 0 saturated carbocycles. The van der Waals surface area contributed by atoms with Crippen molar-refractivity contribution in [3.8, 4) is 0 Å². The number of benzene rings is 3. The Kier molecular flexibility index (Phi) is 7.45. The Morgan fingerprint density at radius 3 is 1.45 bits per heavy atom. The molecule has 0 fully saturated rings. The maximum Gasteiger partial charge on any atom is 0.336 e. The van der Waals surface area contributed by atoms with E-state index < -0.39 is 20.7 Å². The summed E-state index contributed by atoms with van der Waals surface area (Å²) >= 11 is 0. The Bertz CT molecular complexity index is 1070. The van der Waals surface area contributed by atoms with Gasteiger partial charge in [0.15, 0.2) is 0 Å². The molecule has 1 aromatic heterocycles. The van der Waals surface area contributed by atoms with E-state index in [1.165, 1.54) is 12.1 Å². The van der Waals surface area contributed by atoms with Crippen molar-refractivity contribution in [1.82, 2.24) is 4.98 Å². The third kappa shape index (κ3) is 5.74. The Labute approximate surface area is 181 Å². The zero-order chi connectivity index (χ0) is 22.1. The van der Waals surface area contributed by atoms with E-state index in [2.05, 4.69) is 4.98 Å². The van der Waals surface area contributed by atoms with E-state index in [-0.39, 0.29) is 11.1 Å². The Balaban J connectivity index is 0.000000391. The lowest BCUT2D eigenvalue weighted by Gasteiger charge is -2.18. The molecule has 0 atom stereocenters. The first-order chi connectivity index (χ1) is 15.1. The predicted octanol–water partition coefficient (Wildman–Crippen LogP) is 2.41. The minimum atomic E-state index is -1.89. The van der Waals surface area contributed by atoms with E-state index in [4.69, 9.17) is 0 Å². The van der Waals surface area contributed by atoms with E-state index in [0.29, 0.717) is 0 Å². The highest BCUT2D eigenvalue weighted by molar-refractivity contribution is 6.95. The summed E-state index contributed by atoms with van der Waals surface area (Å²) in [6, 6.07) is 30.2. The molecule has 0 spiro atoms. The molecule has 4 rings (SSSR count). The molecule has 31 heavy (non-hydrogen) atoms. The minimum Gasteiger partial charge on any atom is -0.478 e. The smallest absolute Gasteiger partial charge is 0.336 e. The van der Waals surface area contributed by atoms with Gasteiger partial charge in [-0.05, 0) is 24.3 Å². The lowest BCUT2D eigenvalue weighted by molar-refractivity contribution is 0.0651. The van der Waals surface area contributed by atoms with Gasteiger partial charge in [-0.15, -0.1) is 0 Å². The van der Waals surface area contributed by atoms with Crippen molar-refractivity contribution in [2.24, 2.45) is 0 Å². The Morgan fingerprint density at radius 2 is 1.06 bits per heavy atom. The normalized spacial score (nSPS) is 10.1. The van der Waals surface area contributed by atoms with Gasteiger partial charge in [0.2, 0.25) is 0 Å². The van der Waals surface area contributed by atoms with Crippen LogP contribution in [-0.2, 0) is 0 Å². The molecular weight excluding hydrogens is 406 g/mol. The van der Waals surface area contributed by atoms with Crippen molar-refractivity contribution in [1.29, 1.82) is 0 Å². The third-order valence-electron chi connectivity index (χ3n) is 4.67. The van der Waals surface area contributed by atoms with Crippen LogP contribution >= 0.6 is 0 Å². The fourth-order valence-corrected chi connectivity index (χ4v) is 6.28. The van der Waals surface area contributed by atoms with Gasteiger partial charge >= 0.3 is 11.9 Å². The van der Waals surface area contributed by atoms with Crippen LogP contribution in [0.5, 0.6) is 0 Å². The molecular formula is C25H21NO4Si. The van der Waals surface area contributed by atoms with E-state index in [1.807, 2.05) is 78.9 Å². The molecule has 0 saturated heterocycles. The molecule has 0 aliphatic carbocycles. The molecule has 6 heteroatoms. The summed E-state index contributed by atoms with van der Waals surface area (Å²) in [7, 11) is -1.89. The maximum absolute atomic E-state index is 11.5. The summed E-state index contributed by atoms with van der Waals surface area (Å²) in [6.07, 6.45) is 3.50. The van der Waals surface area contributed by atoms with E-state index in [1.54, 1.807) is 18.5 Å². The monoisotopic (exact) mass is 427 g/mol. The summed E-state index contributed by atoms with van der Waals surface area (Å²) in [5, 5.41) is 21.8. The van der Waals surface area contributed by atoms with Crippen LogP contribution in [0, 0.1) is 0 Å². The molecule has 0 amide bonds. The van der Waals surface area contributed by atoms with Crippen molar-refractivity contribution in [3.05, 3.63) is 121 Å².